The lowest BCUT2D eigenvalue weighted by Crippen LogP contribution is -2.37. The topological polar surface area (TPSA) is 55.5 Å². The Labute approximate surface area is 60.2 Å². The van der Waals surface area contributed by atoms with Crippen molar-refractivity contribution in [2.45, 2.75) is 25.0 Å². The van der Waals surface area contributed by atoms with Gasteiger partial charge in [0, 0.05) is 11.5 Å². The van der Waals surface area contributed by atoms with E-state index in [1.54, 1.807) is 0 Å². The lowest BCUT2D eigenvalue weighted by atomic mass is 9.89. The zero-order chi connectivity index (χ0) is 7.19. The summed E-state index contributed by atoms with van der Waals surface area (Å²) in [6.45, 7) is 0.944. The summed E-state index contributed by atoms with van der Waals surface area (Å²) >= 11 is 0. The summed E-state index contributed by atoms with van der Waals surface area (Å²) in [4.78, 5) is 0. The highest BCUT2D eigenvalue weighted by Crippen LogP contribution is 2.44. The average Bonchev–Trinajstić information content (AvgIpc) is 2.45. The van der Waals surface area contributed by atoms with Crippen molar-refractivity contribution < 1.29 is 9.84 Å². The second-order valence-electron chi connectivity index (χ2n) is 3.58. The van der Waals surface area contributed by atoms with Gasteiger partial charge in [0.05, 0.1) is 19.3 Å². The number of fused-ring (bicyclic) bond motifs is 2. The summed E-state index contributed by atoms with van der Waals surface area (Å²) in [5.41, 5.74) is 5.78. The predicted octanol–water partition coefficient (Wildman–Crippen LogP) is -0.515. The number of aliphatic hydroxyl groups is 1. The van der Waals surface area contributed by atoms with E-state index in [0.29, 0.717) is 6.61 Å². The van der Waals surface area contributed by atoms with Gasteiger partial charge in [0.15, 0.2) is 0 Å². The van der Waals surface area contributed by atoms with Crippen LogP contribution >= 0.6 is 0 Å². The molecule has 1 aliphatic carbocycles. The van der Waals surface area contributed by atoms with Crippen LogP contribution in [-0.4, -0.2) is 30.5 Å². The van der Waals surface area contributed by atoms with Crippen molar-refractivity contribution in [2.75, 3.05) is 13.2 Å². The minimum atomic E-state index is 0.0318. The first-order chi connectivity index (χ1) is 4.76. The molecule has 1 saturated carbocycles. The molecule has 3 heteroatoms. The predicted molar refractivity (Wildman–Crippen MR) is 36.5 cm³/mol. The van der Waals surface area contributed by atoms with Gasteiger partial charge in [0.1, 0.15) is 0 Å². The fourth-order valence-electron chi connectivity index (χ4n) is 2.05. The van der Waals surface area contributed by atoms with E-state index in [0.717, 1.165) is 12.8 Å². The van der Waals surface area contributed by atoms with Gasteiger partial charge in [-0.3, -0.25) is 0 Å². The molecule has 0 aromatic carbocycles. The van der Waals surface area contributed by atoms with E-state index in [4.69, 9.17) is 15.6 Å². The molecule has 0 radical (unpaired) electrons. The second kappa shape index (κ2) is 1.94. The van der Waals surface area contributed by atoms with Crippen LogP contribution in [0, 0.1) is 5.41 Å². The molecule has 1 heterocycles. The maximum Gasteiger partial charge on any atom is 0.0733 e. The summed E-state index contributed by atoms with van der Waals surface area (Å²) in [5, 5.41) is 9.03. The number of ether oxygens (including phenoxy) is 1. The highest BCUT2D eigenvalue weighted by atomic mass is 16.5. The van der Waals surface area contributed by atoms with Crippen molar-refractivity contribution in [3.05, 3.63) is 0 Å². The van der Waals surface area contributed by atoms with Gasteiger partial charge in [-0.15, -0.1) is 0 Å². The van der Waals surface area contributed by atoms with Crippen molar-refractivity contribution in [2.24, 2.45) is 11.1 Å². The van der Waals surface area contributed by atoms with Gasteiger partial charge >= 0.3 is 0 Å². The quantitative estimate of drug-likeness (QED) is 0.519. The van der Waals surface area contributed by atoms with Crippen LogP contribution in [0.3, 0.4) is 0 Å². The Bertz CT molecular complexity index is 147. The SMILES string of the molecule is N[C@@H]1C[C@@]2(CO)CO[C@@H]1C2. The fourth-order valence-corrected chi connectivity index (χ4v) is 2.05. The third-order valence-corrected chi connectivity index (χ3v) is 2.72. The number of nitrogens with two attached hydrogens (primary N) is 1. The minimum Gasteiger partial charge on any atom is -0.396 e. The van der Waals surface area contributed by atoms with Crippen molar-refractivity contribution in [3.63, 3.8) is 0 Å². The monoisotopic (exact) mass is 143 g/mol. The molecule has 3 atom stereocenters. The standard InChI is InChI=1S/C7H13NO2/c8-5-1-7(3-9)2-6(5)10-4-7/h5-6,9H,1-4,8H2/t5-,6-,7-/m1/s1. The lowest BCUT2D eigenvalue weighted by molar-refractivity contribution is 0.0162. The number of hydrogen-bond donors (Lipinski definition) is 2. The zero-order valence-electron chi connectivity index (χ0n) is 5.92. The van der Waals surface area contributed by atoms with E-state index in [9.17, 15) is 0 Å². The Kier molecular flexibility index (Phi) is 1.27. The van der Waals surface area contributed by atoms with Crippen LogP contribution < -0.4 is 5.73 Å². The molecule has 0 aromatic heterocycles. The summed E-state index contributed by atoms with van der Waals surface area (Å²) in [6.07, 6.45) is 2.13. The summed E-state index contributed by atoms with van der Waals surface area (Å²) < 4.78 is 5.37. The van der Waals surface area contributed by atoms with Crippen LogP contribution in [0.5, 0.6) is 0 Å². The Morgan fingerprint density at radius 2 is 2.40 bits per heavy atom. The van der Waals surface area contributed by atoms with E-state index in [2.05, 4.69) is 0 Å². The molecule has 3 nitrogen and oxygen atoms in total. The molecular weight excluding hydrogens is 130 g/mol. The largest absolute Gasteiger partial charge is 0.396 e. The molecule has 10 heavy (non-hydrogen) atoms. The van der Waals surface area contributed by atoms with E-state index >= 15 is 0 Å². The molecule has 0 spiro atoms. The molecule has 3 N–H and O–H groups in total. The third-order valence-electron chi connectivity index (χ3n) is 2.72. The van der Waals surface area contributed by atoms with Crippen molar-refractivity contribution in [3.8, 4) is 0 Å². The van der Waals surface area contributed by atoms with Gasteiger partial charge in [0.2, 0.25) is 0 Å². The van der Waals surface area contributed by atoms with Crippen molar-refractivity contribution >= 4 is 0 Å². The van der Waals surface area contributed by atoms with Gasteiger partial charge in [-0.05, 0) is 12.8 Å². The van der Waals surface area contributed by atoms with Crippen LogP contribution in [0.25, 0.3) is 0 Å². The molecule has 2 bridgehead atoms. The van der Waals surface area contributed by atoms with Gasteiger partial charge in [-0.25, -0.2) is 0 Å². The molecule has 1 saturated heterocycles. The van der Waals surface area contributed by atoms with Gasteiger partial charge in [0.25, 0.3) is 0 Å². The van der Waals surface area contributed by atoms with Crippen LogP contribution in [-0.2, 0) is 4.74 Å². The Morgan fingerprint density at radius 3 is 2.70 bits per heavy atom. The van der Waals surface area contributed by atoms with E-state index < -0.39 is 0 Å². The molecule has 2 fully saturated rings. The van der Waals surface area contributed by atoms with Crippen LogP contribution in [0.4, 0.5) is 0 Å². The number of aliphatic hydroxyl groups excluding tert-OH is 1. The van der Waals surface area contributed by atoms with Gasteiger partial charge in [-0.2, -0.15) is 0 Å². The Morgan fingerprint density at radius 1 is 1.60 bits per heavy atom. The first-order valence-corrected chi connectivity index (χ1v) is 3.74. The summed E-state index contributed by atoms with van der Waals surface area (Å²) in [6, 6.07) is 0.167. The van der Waals surface area contributed by atoms with Gasteiger partial charge in [-0.1, -0.05) is 0 Å². The van der Waals surface area contributed by atoms with Crippen LogP contribution in [0.2, 0.25) is 0 Å². The fraction of sp³-hybridized carbons (Fsp3) is 1.00. The van der Waals surface area contributed by atoms with Crippen LogP contribution in [0.15, 0.2) is 0 Å². The van der Waals surface area contributed by atoms with Crippen LogP contribution in [0.1, 0.15) is 12.8 Å². The lowest BCUT2D eigenvalue weighted by Gasteiger charge is -2.25. The van der Waals surface area contributed by atoms with Crippen molar-refractivity contribution in [1.29, 1.82) is 0 Å². The molecular formula is C7H13NO2. The Hall–Kier alpha value is -0.120. The normalized spacial score (nSPS) is 52.2. The molecule has 2 rings (SSSR count). The third kappa shape index (κ3) is 0.713. The highest BCUT2D eigenvalue weighted by molar-refractivity contribution is 5.01. The van der Waals surface area contributed by atoms with Crippen molar-refractivity contribution in [1.82, 2.24) is 0 Å². The first-order valence-electron chi connectivity index (χ1n) is 3.74. The molecule has 2 aliphatic rings. The molecule has 0 unspecified atom stereocenters. The molecule has 0 aromatic rings. The average molecular weight is 143 g/mol. The summed E-state index contributed by atoms with van der Waals surface area (Å²) in [7, 11) is 0. The maximum absolute atomic E-state index is 9.03. The Balaban J connectivity index is 2.14. The van der Waals surface area contributed by atoms with Gasteiger partial charge < -0.3 is 15.6 Å². The summed E-state index contributed by atoms with van der Waals surface area (Å²) in [5.74, 6) is 0. The minimum absolute atomic E-state index is 0.0318. The van der Waals surface area contributed by atoms with E-state index in [1.807, 2.05) is 0 Å². The zero-order valence-corrected chi connectivity index (χ0v) is 5.92. The molecule has 1 aliphatic heterocycles. The van der Waals surface area contributed by atoms with E-state index in [1.165, 1.54) is 0 Å². The second-order valence-corrected chi connectivity index (χ2v) is 3.58. The number of hydrogen-bond acceptors (Lipinski definition) is 3. The number of rotatable bonds is 1. The maximum atomic E-state index is 9.03. The molecule has 58 valence electrons. The molecule has 0 amide bonds. The smallest absolute Gasteiger partial charge is 0.0733 e. The highest BCUT2D eigenvalue weighted by Gasteiger charge is 2.50. The first kappa shape index (κ1) is 6.58. The van der Waals surface area contributed by atoms with E-state index in [-0.39, 0.29) is 24.2 Å².